The van der Waals surface area contributed by atoms with Gasteiger partial charge in [0.1, 0.15) is 5.69 Å². The molecule has 7 heteroatoms. The largest absolute Gasteiger partial charge is 0.393 e. The highest BCUT2D eigenvalue weighted by Gasteiger charge is 2.31. The zero-order valence-corrected chi connectivity index (χ0v) is 15.8. The Kier molecular flexibility index (Phi) is 5.25. The molecule has 4 rings (SSSR count). The summed E-state index contributed by atoms with van der Waals surface area (Å²) >= 11 is 0. The van der Waals surface area contributed by atoms with Gasteiger partial charge in [0, 0.05) is 36.8 Å². The predicted molar refractivity (Wildman–Crippen MR) is 104 cm³/mol. The van der Waals surface area contributed by atoms with Gasteiger partial charge in [0.25, 0.3) is 5.91 Å². The third-order valence-electron chi connectivity index (χ3n) is 5.02. The number of aliphatic hydroxyl groups is 1. The van der Waals surface area contributed by atoms with Crippen molar-refractivity contribution in [3.05, 3.63) is 60.1 Å². The van der Waals surface area contributed by atoms with Gasteiger partial charge >= 0.3 is 0 Å². The van der Waals surface area contributed by atoms with Crippen molar-refractivity contribution in [2.45, 2.75) is 44.9 Å². The van der Waals surface area contributed by atoms with Crippen molar-refractivity contribution in [1.82, 2.24) is 20.3 Å². The Balaban J connectivity index is 1.25. The zero-order valence-electron chi connectivity index (χ0n) is 15.8. The normalized spacial score (nSPS) is 19.8. The molecule has 1 aliphatic rings. The van der Waals surface area contributed by atoms with E-state index in [1.165, 1.54) is 0 Å². The second-order valence-electron chi connectivity index (χ2n) is 7.53. The highest BCUT2D eigenvalue weighted by atomic mass is 16.5. The summed E-state index contributed by atoms with van der Waals surface area (Å²) in [7, 11) is 0. The number of carbonyl (C=O) groups is 1. The van der Waals surface area contributed by atoms with Crippen molar-refractivity contribution in [3.63, 3.8) is 0 Å². The summed E-state index contributed by atoms with van der Waals surface area (Å²) < 4.78 is 7.13. The lowest BCUT2D eigenvalue weighted by Gasteiger charge is -2.35. The molecule has 2 heterocycles. The van der Waals surface area contributed by atoms with Crippen LogP contribution >= 0.6 is 0 Å². The van der Waals surface area contributed by atoms with Crippen LogP contribution < -0.4 is 5.32 Å². The number of benzene rings is 1. The van der Waals surface area contributed by atoms with Gasteiger partial charge in [-0.05, 0) is 31.7 Å². The summed E-state index contributed by atoms with van der Waals surface area (Å²) in [5, 5.41) is 20.9. The van der Waals surface area contributed by atoms with Gasteiger partial charge in [-0.3, -0.25) is 9.48 Å². The molecule has 0 saturated heterocycles. The Morgan fingerprint density at radius 1 is 1.32 bits per heavy atom. The third-order valence-corrected chi connectivity index (χ3v) is 5.02. The lowest BCUT2D eigenvalue weighted by Crippen LogP contribution is -2.45. The van der Waals surface area contributed by atoms with Gasteiger partial charge in [-0.25, -0.2) is 0 Å². The number of nitrogens with one attached hydrogen (secondary N) is 1. The van der Waals surface area contributed by atoms with Gasteiger partial charge in [-0.1, -0.05) is 35.5 Å². The number of amides is 1. The van der Waals surface area contributed by atoms with Gasteiger partial charge in [0.05, 0.1) is 11.8 Å². The van der Waals surface area contributed by atoms with E-state index >= 15 is 0 Å². The molecular weight excluding hydrogens is 356 g/mol. The Bertz CT molecular complexity index is 926. The van der Waals surface area contributed by atoms with Gasteiger partial charge < -0.3 is 14.9 Å². The first kappa shape index (κ1) is 18.4. The monoisotopic (exact) mass is 380 g/mol. The van der Waals surface area contributed by atoms with Crippen molar-refractivity contribution in [3.8, 4) is 11.3 Å². The fraction of sp³-hybridized carbons (Fsp3) is 0.381. The average Bonchev–Trinajstić information content (AvgIpc) is 3.30. The molecule has 7 nitrogen and oxygen atoms in total. The molecule has 0 aliphatic heterocycles. The summed E-state index contributed by atoms with van der Waals surface area (Å²) in [5.74, 6) is 0.493. The number of nitrogens with zero attached hydrogens (tertiary/aromatic N) is 3. The van der Waals surface area contributed by atoms with Crippen LogP contribution in [0, 0.1) is 5.92 Å². The van der Waals surface area contributed by atoms with Crippen LogP contribution in [0.15, 0.2) is 53.2 Å². The molecule has 1 aromatic carbocycles. The molecular formula is C21H24N4O3. The summed E-state index contributed by atoms with van der Waals surface area (Å²) in [6, 6.07) is 13.4. The minimum absolute atomic E-state index is 0.148. The maximum Gasteiger partial charge on any atom is 0.290 e. The second-order valence-corrected chi connectivity index (χ2v) is 7.53. The predicted octanol–water partition coefficient (Wildman–Crippen LogP) is 2.67. The van der Waals surface area contributed by atoms with Gasteiger partial charge in [-0.15, -0.1) is 0 Å². The second kappa shape index (κ2) is 7.98. The molecule has 3 aromatic rings. The summed E-state index contributed by atoms with van der Waals surface area (Å²) in [6.07, 6.45) is 3.96. The van der Waals surface area contributed by atoms with Crippen LogP contribution in [0.2, 0.25) is 0 Å². The minimum Gasteiger partial charge on any atom is -0.393 e. The number of rotatable bonds is 7. The fourth-order valence-corrected chi connectivity index (χ4v) is 3.57. The SMILES string of the molecule is C[C@@H](O)Cc1ccn(C[C@H]2C[C@H](NC(=O)c3cc(-c4ccccc4)no3)C2)n1. The third kappa shape index (κ3) is 4.31. The Labute approximate surface area is 163 Å². The first-order chi connectivity index (χ1) is 13.6. The molecule has 0 spiro atoms. The Morgan fingerprint density at radius 2 is 2.11 bits per heavy atom. The average molecular weight is 380 g/mol. The number of aromatic nitrogens is 3. The zero-order chi connectivity index (χ0) is 19.5. The first-order valence-corrected chi connectivity index (χ1v) is 9.60. The molecule has 0 unspecified atom stereocenters. The first-order valence-electron chi connectivity index (χ1n) is 9.60. The molecule has 28 heavy (non-hydrogen) atoms. The molecule has 0 bridgehead atoms. The Hall–Kier alpha value is -2.93. The standard InChI is InChI=1S/C21H24N4O3/c1-14(26)9-17-7-8-25(23-17)13-15-10-18(11-15)22-21(27)20-12-19(24-28-20)16-5-3-2-4-6-16/h2-8,12,14-15,18,26H,9-11,13H2,1H3,(H,22,27)/t14-,15-,18-/m1/s1. The lowest BCUT2D eigenvalue weighted by molar-refractivity contribution is 0.0842. The molecule has 1 fully saturated rings. The molecule has 1 aliphatic carbocycles. The van der Waals surface area contributed by atoms with Crippen LogP contribution in [0.5, 0.6) is 0 Å². The highest BCUT2D eigenvalue weighted by Crippen LogP contribution is 2.29. The van der Waals surface area contributed by atoms with E-state index in [1.54, 1.807) is 13.0 Å². The van der Waals surface area contributed by atoms with Gasteiger partial charge in [-0.2, -0.15) is 5.10 Å². The molecule has 2 aromatic heterocycles. The molecule has 1 saturated carbocycles. The molecule has 0 radical (unpaired) electrons. The van der Waals surface area contributed by atoms with Crippen LogP contribution in [0.4, 0.5) is 0 Å². The van der Waals surface area contributed by atoms with E-state index in [4.69, 9.17) is 4.52 Å². The van der Waals surface area contributed by atoms with Crippen molar-refractivity contribution < 1.29 is 14.4 Å². The number of hydrogen-bond acceptors (Lipinski definition) is 5. The van der Waals surface area contributed by atoms with E-state index in [0.29, 0.717) is 18.0 Å². The van der Waals surface area contributed by atoms with E-state index in [0.717, 1.165) is 30.6 Å². The number of aliphatic hydroxyl groups excluding tert-OH is 1. The van der Waals surface area contributed by atoms with Crippen molar-refractivity contribution in [2.75, 3.05) is 0 Å². The quantitative estimate of drug-likeness (QED) is 0.657. The molecule has 1 amide bonds. The fourth-order valence-electron chi connectivity index (χ4n) is 3.57. The Morgan fingerprint density at radius 3 is 2.86 bits per heavy atom. The van der Waals surface area contributed by atoms with Crippen LogP contribution in [0.3, 0.4) is 0 Å². The van der Waals surface area contributed by atoms with E-state index in [9.17, 15) is 9.90 Å². The lowest BCUT2D eigenvalue weighted by atomic mass is 9.80. The molecule has 2 N–H and O–H groups in total. The van der Waals surface area contributed by atoms with E-state index in [1.807, 2.05) is 47.3 Å². The number of carbonyl (C=O) groups excluding carboxylic acids is 1. The van der Waals surface area contributed by atoms with E-state index < -0.39 is 0 Å². The topological polar surface area (TPSA) is 93.2 Å². The van der Waals surface area contributed by atoms with Gasteiger partial charge in [0.2, 0.25) is 5.76 Å². The van der Waals surface area contributed by atoms with Crippen LogP contribution in [0.1, 0.15) is 36.0 Å². The summed E-state index contributed by atoms with van der Waals surface area (Å²) in [6.45, 7) is 2.59. The van der Waals surface area contributed by atoms with Crippen LogP contribution in [-0.4, -0.2) is 38.1 Å². The van der Waals surface area contributed by atoms with E-state index in [-0.39, 0.29) is 23.8 Å². The van der Waals surface area contributed by atoms with E-state index in [2.05, 4.69) is 15.6 Å². The summed E-state index contributed by atoms with van der Waals surface area (Å²) in [5.41, 5.74) is 2.48. The minimum atomic E-state index is -0.384. The van der Waals surface area contributed by atoms with Crippen LogP contribution in [0.25, 0.3) is 11.3 Å². The van der Waals surface area contributed by atoms with Crippen molar-refractivity contribution in [2.24, 2.45) is 5.92 Å². The maximum atomic E-state index is 12.4. The highest BCUT2D eigenvalue weighted by molar-refractivity contribution is 5.92. The smallest absolute Gasteiger partial charge is 0.290 e. The van der Waals surface area contributed by atoms with Gasteiger partial charge in [0.15, 0.2) is 0 Å². The van der Waals surface area contributed by atoms with Crippen LogP contribution in [-0.2, 0) is 13.0 Å². The molecule has 146 valence electrons. The van der Waals surface area contributed by atoms with Crippen molar-refractivity contribution in [1.29, 1.82) is 0 Å². The molecule has 1 atom stereocenters. The van der Waals surface area contributed by atoms with Crippen molar-refractivity contribution >= 4 is 5.91 Å². The number of hydrogen-bond donors (Lipinski definition) is 2. The summed E-state index contributed by atoms with van der Waals surface area (Å²) in [4.78, 5) is 12.4. The maximum absolute atomic E-state index is 12.4.